The Morgan fingerprint density at radius 1 is 0.931 bits per heavy atom. The molecule has 0 unspecified atom stereocenters. The van der Waals surface area contributed by atoms with Crippen molar-refractivity contribution in [2.45, 2.75) is 33.2 Å². The standard InChI is InChI=1S/C23H27N3O3/c1-16-5-7-20(13-17(16)2)24-23(28)26-11-12-29-21-8-6-18(14-19(21)15-26)22(27)25-9-3-4-10-25/h5-8,13-14H,3-4,9-12,15H2,1-2H3,(H,24,28). The highest BCUT2D eigenvalue weighted by Gasteiger charge is 2.24. The van der Waals surface area contributed by atoms with Crippen molar-refractivity contribution < 1.29 is 14.3 Å². The number of nitrogens with zero attached hydrogens (tertiary/aromatic N) is 2. The molecule has 152 valence electrons. The monoisotopic (exact) mass is 393 g/mol. The molecule has 6 nitrogen and oxygen atoms in total. The molecule has 0 atom stereocenters. The predicted molar refractivity (Wildman–Crippen MR) is 112 cm³/mol. The van der Waals surface area contributed by atoms with E-state index in [0.29, 0.717) is 25.3 Å². The molecule has 1 fully saturated rings. The Hall–Kier alpha value is -3.02. The van der Waals surface area contributed by atoms with Gasteiger partial charge < -0.3 is 19.9 Å². The third-order valence-corrected chi connectivity index (χ3v) is 5.73. The Kier molecular flexibility index (Phi) is 5.43. The number of urea groups is 1. The molecular formula is C23H27N3O3. The van der Waals surface area contributed by atoms with Gasteiger partial charge in [0.05, 0.1) is 13.1 Å². The molecule has 4 rings (SSSR count). The van der Waals surface area contributed by atoms with E-state index in [-0.39, 0.29) is 11.9 Å². The normalized spacial score (nSPS) is 16.1. The van der Waals surface area contributed by atoms with Crippen molar-refractivity contribution in [2.24, 2.45) is 0 Å². The molecule has 0 bridgehead atoms. The molecular weight excluding hydrogens is 366 g/mol. The van der Waals surface area contributed by atoms with E-state index in [0.717, 1.165) is 48.5 Å². The third kappa shape index (κ3) is 4.21. The van der Waals surface area contributed by atoms with E-state index in [2.05, 4.69) is 5.32 Å². The van der Waals surface area contributed by atoms with E-state index in [1.807, 2.05) is 55.1 Å². The minimum atomic E-state index is -0.166. The first kappa shape index (κ1) is 19.3. The highest BCUT2D eigenvalue weighted by molar-refractivity contribution is 5.95. The molecule has 1 saturated heterocycles. The summed E-state index contributed by atoms with van der Waals surface area (Å²) in [5.41, 5.74) is 4.63. The first-order chi connectivity index (χ1) is 14.0. The zero-order valence-corrected chi connectivity index (χ0v) is 17.0. The van der Waals surface area contributed by atoms with Gasteiger partial charge in [0.15, 0.2) is 0 Å². The minimum Gasteiger partial charge on any atom is -0.491 e. The van der Waals surface area contributed by atoms with Crippen LogP contribution in [0.1, 0.15) is 39.9 Å². The number of nitrogens with one attached hydrogen (secondary N) is 1. The molecule has 0 spiro atoms. The second kappa shape index (κ2) is 8.15. The lowest BCUT2D eigenvalue weighted by Gasteiger charge is -2.21. The molecule has 0 radical (unpaired) electrons. The predicted octanol–water partition coefficient (Wildman–Crippen LogP) is 3.97. The van der Waals surface area contributed by atoms with Crippen LogP contribution in [0.5, 0.6) is 5.75 Å². The molecule has 29 heavy (non-hydrogen) atoms. The summed E-state index contributed by atoms with van der Waals surface area (Å²) < 4.78 is 5.83. The van der Waals surface area contributed by atoms with Crippen LogP contribution < -0.4 is 10.1 Å². The van der Waals surface area contributed by atoms with Crippen LogP contribution in [0.3, 0.4) is 0 Å². The fourth-order valence-corrected chi connectivity index (χ4v) is 3.83. The second-order valence-corrected chi connectivity index (χ2v) is 7.82. The first-order valence-corrected chi connectivity index (χ1v) is 10.2. The van der Waals surface area contributed by atoms with Gasteiger partial charge in [0.2, 0.25) is 0 Å². The van der Waals surface area contributed by atoms with Crippen molar-refractivity contribution in [3.8, 4) is 5.75 Å². The summed E-state index contributed by atoms with van der Waals surface area (Å²) in [5, 5.41) is 2.98. The minimum absolute atomic E-state index is 0.0562. The van der Waals surface area contributed by atoms with Crippen LogP contribution >= 0.6 is 0 Å². The molecule has 2 heterocycles. The van der Waals surface area contributed by atoms with Gasteiger partial charge in [-0.25, -0.2) is 4.79 Å². The molecule has 0 aliphatic carbocycles. The Balaban J connectivity index is 1.50. The summed E-state index contributed by atoms with van der Waals surface area (Å²) in [5.74, 6) is 0.796. The number of anilines is 1. The van der Waals surface area contributed by atoms with E-state index >= 15 is 0 Å². The molecule has 3 amide bonds. The van der Waals surface area contributed by atoms with Crippen molar-refractivity contribution in [1.82, 2.24) is 9.80 Å². The average Bonchev–Trinajstić information content (AvgIpc) is 3.16. The smallest absolute Gasteiger partial charge is 0.322 e. The Bertz CT molecular complexity index is 935. The van der Waals surface area contributed by atoms with Crippen LogP contribution in [0.15, 0.2) is 36.4 Å². The van der Waals surface area contributed by atoms with Gasteiger partial charge in [-0.3, -0.25) is 4.79 Å². The molecule has 1 N–H and O–H groups in total. The van der Waals surface area contributed by atoms with Crippen molar-refractivity contribution in [1.29, 1.82) is 0 Å². The summed E-state index contributed by atoms with van der Waals surface area (Å²) in [6, 6.07) is 11.3. The highest BCUT2D eigenvalue weighted by atomic mass is 16.5. The molecule has 6 heteroatoms. The van der Waals surface area contributed by atoms with Gasteiger partial charge in [-0.1, -0.05) is 6.07 Å². The number of rotatable bonds is 2. The summed E-state index contributed by atoms with van der Waals surface area (Å²) in [6.45, 7) is 7.03. The number of amides is 3. The van der Waals surface area contributed by atoms with Crippen molar-refractivity contribution >= 4 is 17.6 Å². The fourth-order valence-electron chi connectivity index (χ4n) is 3.83. The van der Waals surface area contributed by atoms with Gasteiger partial charge in [0.1, 0.15) is 12.4 Å². The number of carbonyl (C=O) groups is 2. The molecule has 2 aliphatic rings. The highest BCUT2D eigenvalue weighted by Crippen LogP contribution is 2.26. The molecule has 2 aromatic rings. The number of fused-ring (bicyclic) bond motifs is 1. The number of ether oxygens (including phenoxy) is 1. The van der Waals surface area contributed by atoms with E-state index in [1.165, 1.54) is 5.56 Å². The molecule has 0 saturated carbocycles. The number of hydrogen-bond donors (Lipinski definition) is 1. The number of benzene rings is 2. The number of hydrogen-bond acceptors (Lipinski definition) is 3. The zero-order chi connectivity index (χ0) is 20.4. The van der Waals surface area contributed by atoms with E-state index < -0.39 is 0 Å². The Morgan fingerprint density at radius 3 is 2.48 bits per heavy atom. The lowest BCUT2D eigenvalue weighted by Crippen LogP contribution is -2.36. The van der Waals surface area contributed by atoms with Crippen LogP contribution in [0.25, 0.3) is 0 Å². The summed E-state index contributed by atoms with van der Waals surface area (Å²) in [7, 11) is 0. The van der Waals surface area contributed by atoms with Gasteiger partial charge in [0, 0.05) is 29.9 Å². The SMILES string of the molecule is Cc1ccc(NC(=O)N2CCOc3ccc(C(=O)N4CCCC4)cc3C2)cc1C. The van der Waals surface area contributed by atoms with Crippen molar-refractivity contribution in [3.63, 3.8) is 0 Å². The van der Waals surface area contributed by atoms with Gasteiger partial charge in [0.25, 0.3) is 5.91 Å². The number of carbonyl (C=O) groups excluding carboxylic acids is 2. The maximum atomic E-state index is 12.8. The fraction of sp³-hybridized carbons (Fsp3) is 0.391. The number of likely N-dealkylation sites (tertiary alicyclic amines) is 1. The van der Waals surface area contributed by atoms with Crippen LogP contribution in [0.4, 0.5) is 10.5 Å². The van der Waals surface area contributed by atoms with Gasteiger partial charge in [-0.2, -0.15) is 0 Å². The van der Waals surface area contributed by atoms with Crippen LogP contribution in [-0.2, 0) is 6.54 Å². The third-order valence-electron chi connectivity index (χ3n) is 5.73. The number of aryl methyl sites for hydroxylation is 2. The molecule has 2 aromatic carbocycles. The maximum absolute atomic E-state index is 12.8. The van der Waals surface area contributed by atoms with Crippen molar-refractivity contribution in [3.05, 3.63) is 58.7 Å². The average molecular weight is 393 g/mol. The van der Waals surface area contributed by atoms with Gasteiger partial charge in [-0.05, 0) is 68.1 Å². The zero-order valence-electron chi connectivity index (χ0n) is 17.0. The van der Waals surface area contributed by atoms with Crippen LogP contribution in [0, 0.1) is 13.8 Å². The molecule has 0 aromatic heterocycles. The van der Waals surface area contributed by atoms with E-state index in [4.69, 9.17) is 4.74 Å². The topological polar surface area (TPSA) is 61.9 Å². The Labute approximate surface area is 171 Å². The Morgan fingerprint density at radius 2 is 1.72 bits per heavy atom. The lowest BCUT2D eigenvalue weighted by atomic mass is 10.1. The summed E-state index contributed by atoms with van der Waals surface area (Å²) in [4.78, 5) is 29.2. The second-order valence-electron chi connectivity index (χ2n) is 7.82. The van der Waals surface area contributed by atoms with Crippen LogP contribution in [0.2, 0.25) is 0 Å². The largest absolute Gasteiger partial charge is 0.491 e. The summed E-state index contributed by atoms with van der Waals surface area (Å²) >= 11 is 0. The maximum Gasteiger partial charge on any atom is 0.322 e. The molecule has 2 aliphatic heterocycles. The van der Waals surface area contributed by atoms with Crippen molar-refractivity contribution in [2.75, 3.05) is 31.6 Å². The lowest BCUT2D eigenvalue weighted by molar-refractivity contribution is 0.0792. The van der Waals surface area contributed by atoms with E-state index in [1.54, 1.807) is 4.90 Å². The van der Waals surface area contributed by atoms with E-state index in [9.17, 15) is 9.59 Å². The van der Waals surface area contributed by atoms with Gasteiger partial charge >= 0.3 is 6.03 Å². The first-order valence-electron chi connectivity index (χ1n) is 10.2. The van der Waals surface area contributed by atoms with Crippen LogP contribution in [-0.4, -0.2) is 48.0 Å². The summed E-state index contributed by atoms with van der Waals surface area (Å²) in [6.07, 6.45) is 2.12. The van der Waals surface area contributed by atoms with Gasteiger partial charge in [-0.15, -0.1) is 0 Å². The quantitative estimate of drug-likeness (QED) is 0.840.